The molecule has 0 atom stereocenters. The number of aliphatic carboxylic acids is 1. The van der Waals surface area contributed by atoms with Crippen LogP contribution in [0.5, 0.6) is 11.5 Å². The van der Waals surface area contributed by atoms with Crippen LogP contribution >= 0.6 is 0 Å². The smallest absolute Gasteiger partial charge is 0.303 e. The highest BCUT2D eigenvalue weighted by molar-refractivity contribution is 7.89. The molecule has 0 saturated carbocycles. The van der Waals surface area contributed by atoms with E-state index in [9.17, 15) is 13.2 Å². The largest absolute Gasteiger partial charge is 0.497 e. The van der Waals surface area contributed by atoms with Gasteiger partial charge in [-0.1, -0.05) is 6.07 Å². The number of rotatable bonds is 9. The maximum Gasteiger partial charge on any atom is 0.303 e. The van der Waals surface area contributed by atoms with Crippen LogP contribution in [0.4, 0.5) is 0 Å². The molecule has 1 rings (SSSR count). The Bertz CT molecular complexity index is 584. The molecule has 8 heteroatoms. The lowest BCUT2D eigenvalue weighted by molar-refractivity contribution is -0.137. The molecule has 0 heterocycles. The molecule has 0 spiro atoms. The lowest BCUT2D eigenvalue weighted by Crippen LogP contribution is -2.26. The first kappa shape index (κ1) is 17.3. The van der Waals surface area contributed by atoms with Gasteiger partial charge in [-0.2, -0.15) is 0 Å². The summed E-state index contributed by atoms with van der Waals surface area (Å²) in [6, 6.07) is 5.07. The third-order valence-corrected chi connectivity index (χ3v) is 4.19. The molecule has 0 aromatic heterocycles. The normalized spacial score (nSPS) is 11.1. The van der Waals surface area contributed by atoms with Crippen molar-refractivity contribution in [2.75, 3.05) is 20.0 Å². The van der Waals surface area contributed by atoms with Gasteiger partial charge in [0.25, 0.3) is 0 Å². The van der Waals surface area contributed by atoms with Gasteiger partial charge in [-0.15, -0.1) is 0 Å². The monoisotopic (exact) mass is 317 g/mol. The summed E-state index contributed by atoms with van der Waals surface area (Å²) in [5.74, 6) is -0.109. The van der Waals surface area contributed by atoms with Crippen LogP contribution in [0.3, 0.4) is 0 Å². The Kier molecular flexibility index (Phi) is 6.44. The van der Waals surface area contributed by atoms with E-state index in [0.29, 0.717) is 17.1 Å². The molecular weight excluding hydrogens is 298 g/mol. The van der Waals surface area contributed by atoms with Gasteiger partial charge in [0.15, 0.2) is 0 Å². The lowest BCUT2D eigenvalue weighted by atomic mass is 10.2. The number of ether oxygens (including phenoxy) is 2. The second-order valence-corrected chi connectivity index (χ2v) is 6.24. The summed E-state index contributed by atoms with van der Waals surface area (Å²) in [5, 5.41) is 8.49. The zero-order chi connectivity index (χ0) is 15.9. The number of benzene rings is 1. The zero-order valence-corrected chi connectivity index (χ0v) is 12.8. The molecule has 2 N–H and O–H groups in total. The maximum absolute atomic E-state index is 11.7. The van der Waals surface area contributed by atoms with Gasteiger partial charge in [-0.05, 0) is 12.5 Å². The molecule has 0 amide bonds. The Morgan fingerprint density at radius 3 is 2.57 bits per heavy atom. The van der Waals surface area contributed by atoms with E-state index in [1.54, 1.807) is 18.2 Å². The van der Waals surface area contributed by atoms with Crippen molar-refractivity contribution in [3.05, 3.63) is 23.8 Å². The van der Waals surface area contributed by atoms with Gasteiger partial charge < -0.3 is 14.6 Å². The van der Waals surface area contributed by atoms with Crippen LogP contribution in [0.25, 0.3) is 0 Å². The first-order valence-corrected chi connectivity index (χ1v) is 7.93. The molecule has 0 radical (unpaired) electrons. The summed E-state index contributed by atoms with van der Waals surface area (Å²) in [6.45, 7) is 0.0720. The first-order valence-electron chi connectivity index (χ1n) is 6.28. The second kappa shape index (κ2) is 7.84. The SMILES string of the molecule is COc1ccc(CNS(=O)(=O)CCCC(=O)O)c(OC)c1. The van der Waals surface area contributed by atoms with Gasteiger partial charge in [0, 0.05) is 24.6 Å². The molecule has 7 nitrogen and oxygen atoms in total. The lowest BCUT2D eigenvalue weighted by Gasteiger charge is -2.11. The van der Waals surface area contributed by atoms with Gasteiger partial charge in [-0.3, -0.25) is 4.79 Å². The fraction of sp³-hybridized carbons (Fsp3) is 0.462. The predicted octanol–water partition coefficient (Wildman–Crippen LogP) is 0.988. The van der Waals surface area contributed by atoms with E-state index in [1.165, 1.54) is 14.2 Å². The number of hydrogen-bond acceptors (Lipinski definition) is 5. The zero-order valence-electron chi connectivity index (χ0n) is 12.0. The highest BCUT2D eigenvalue weighted by Crippen LogP contribution is 2.24. The van der Waals surface area contributed by atoms with Crippen LogP contribution < -0.4 is 14.2 Å². The average molecular weight is 317 g/mol. The minimum absolute atomic E-state index is 0.0720. The van der Waals surface area contributed by atoms with E-state index in [2.05, 4.69) is 4.72 Å². The van der Waals surface area contributed by atoms with Crippen molar-refractivity contribution in [3.8, 4) is 11.5 Å². The minimum Gasteiger partial charge on any atom is -0.497 e. The summed E-state index contributed by atoms with van der Waals surface area (Å²) < 4.78 is 36.1. The fourth-order valence-electron chi connectivity index (χ4n) is 1.67. The summed E-state index contributed by atoms with van der Waals surface area (Å²) in [5.41, 5.74) is 0.667. The van der Waals surface area contributed by atoms with Crippen LogP contribution in [-0.4, -0.2) is 39.5 Å². The van der Waals surface area contributed by atoms with Crippen LogP contribution in [0, 0.1) is 0 Å². The Morgan fingerprint density at radius 1 is 1.29 bits per heavy atom. The highest BCUT2D eigenvalue weighted by atomic mass is 32.2. The number of carboxylic acid groups (broad SMARTS) is 1. The molecule has 0 aliphatic rings. The Hall–Kier alpha value is -1.80. The second-order valence-electron chi connectivity index (χ2n) is 4.32. The minimum atomic E-state index is -3.52. The molecule has 0 fully saturated rings. The van der Waals surface area contributed by atoms with Crippen molar-refractivity contribution < 1.29 is 27.8 Å². The van der Waals surface area contributed by atoms with Gasteiger partial charge in [0.2, 0.25) is 10.0 Å². The Labute approximate surface area is 123 Å². The van der Waals surface area contributed by atoms with Crippen LogP contribution in [0.15, 0.2) is 18.2 Å². The van der Waals surface area contributed by atoms with E-state index < -0.39 is 16.0 Å². The van der Waals surface area contributed by atoms with E-state index in [0.717, 1.165) is 0 Å². The van der Waals surface area contributed by atoms with E-state index in [-0.39, 0.29) is 25.1 Å². The van der Waals surface area contributed by atoms with Crippen molar-refractivity contribution >= 4 is 16.0 Å². The maximum atomic E-state index is 11.7. The summed E-state index contributed by atoms with van der Waals surface area (Å²) in [4.78, 5) is 10.4. The molecule has 0 saturated heterocycles. The highest BCUT2D eigenvalue weighted by Gasteiger charge is 2.13. The summed E-state index contributed by atoms with van der Waals surface area (Å²) in [6.07, 6.45) is -0.100. The fourth-order valence-corrected chi connectivity index (χ4v) is 2.72. The van der Waals surface area contributed by atoms with Crippen LogP contribution in [0.1, 0.15) is 18.4 Å². The number of methoxy groups -OCH3 is 2. The van der Waals surface area contributed by atoms with Crippen molar-refractivity contribution in [2.45, 2.75) is 19.4 Å². The number of carbonyl (C=O) groups is 1. The third-order valence-electron chi connectivity index (χ3n) is 2.78. The molecular formula is C13H19NO6S. The van der Waals surface area contributed by atoms with Crippen LogP contribution in [0.2, 0.25) is 0 Å². The number of hydrogen-bond donors (Lipinski definition) is 2. The summed E-state index contributed by atoms with van der Waals surface area (Å²) in [7, 11) is -0.503. The topological polar surface area (TPSA) is 102 Å². The Morgan fingerprint density at radius 2 is 2.00 bits per heavy atom. The van der Waals surface area contributed by atoms with Crippen molar-refractivity contribution in [1.82, 2.24) is 4.72 Å². The number of carboxylic acids is 1. The summed E-state index contributed by atoms with van der Waals surface area (Å²) >= 11 is 0. The first-order chi connectivity index (χ1) is 9.88. The van der Waals surface area contributed by atoms with E-state index in [4.69, 9.17) is 14.6 Å². The number of sulfonamides is 1. The molecule has 1 aromatic rings. The quantitative estimate of drug-likeness (QED) is 0.704. The van der Waals surface area contributed by atoms with Gasteiger partial charge in [-0.25, -0.2) is 13.1 Å². The number of nitrogens with one attached hydrogen (secondary N) is 1. The van der Waals surface area contributed by atoms with Crippen LogP contribution in [-0.2, 0) is 21.4 Å². The predicted molar refractivity (Wildman–Crippen MR) is 77.0 cm³/mol. The van der Waals surface area contributed by atoms with Gasteiger partial charge in [0.05, 0.1) is 20.0 Å². The average Bonchev–Trinajstić information content (AvgIpc) is 2.44. The van der Waals surface area contributed by atoms with E-state index >= 15 is 0 Å². The van der Waals surface area contributed by atoms with Crippen molar-refractivity contribution in [2.24, 2.45) is 0 Å². The Balaban J connectivity index is 2.63. The van der Waals surface area contributed by atoms with Gasteiger partial charge >= 0.3 is 5.97 Å². The third kappa shape index (κ3) is 6.01. The standard InChI is InChI=1S/C13H19NO6S/c1-19-11-6-5-10(12(8-11)20-2)9-14-21(17,18)7-3-4-13(15)16/h5-6,8,14H,3-4,7,9H2,1-2H3,(H,15,16). The molecule has 118 valence electrons. The van der Waals surface area contributed by atoms with E-state index in [1.807, 2.05) is 0 Å². The molecule has 21 heavy (non-hydrogen) atoms. The van der Waals surface area contributed by atoms with Gasteiger partial charge in [0.1, 0.15) is 11.5 Å². The molecule has 0 aliphatic heterocycles. The van der Waals surface area contributed by atoms with Crippen molar-refractivity contribution in [1.29, 1.82) is 0 Å². The molecule has 1 aromatic carbocycles. The van der Waals surface area contributed by atoms with Crippen molar-refractivity contribution in [3.63, 3.8) is 0 Å². The molecule has 0 bridgehead atoms. The molecule has 0 unspecified atom stereocenters. The molecule has 0 aliphatic carbocycles.